The molecule has 510 valence electrons. The highest BCUT2D eigenvalue weighted by atomic mass is 19.1. The third-order valence-corrected chi connectivity index (χ3v) is 15.5. The highest BCUT2D eigenvalue weighted by molar-refractivity contribution is 6.00. The van der Waals surface area contributed by atoms with Crippen molar-refractivity contribution < 1.29 is 72.4 Å². The molecular weight excluding hydrogens is 1240 g/mol. The zero-order valence-corrected chi connectivity index (χ0v) is 52.9. The molecule has 6 rings (SSSR count). The third kappa shape index (κ3) is 22.3. The predicted octanol–water partition coefficient (Wildman–Crippen LogP) is -1.93. The topological polar surface area (TPSA) is 478 Å². The van der Waals surface area contributed by atoms with Crippen LogP contribution < -0.4 is 70.6 Å². The number of hydrogen-bond acceptors (Lipinski definition) is 16. The van der Waals surface area contributed by atoms with Crippen molar-refractivity contribution in [1.29, 1.82) is 0 Å². The molecule has 0 aliphatic carbocycles. The van der Waals surface area contributed by atoms with E-state index in [1.165, 1.54) is 43.4 Å². The van der Waals surface area contributed by atoms with Crippen molar-refractivity contribution in [3.63, 3.8) is 0 Å². The first-order valence-corrected chi connectivity index (χ1v) is 30.7. The number of fused-ring (bicyclic) bond motifs is 1. The summed E-state index contributed by atoms with van der Waals surface area (Å²) in [5.41, 5.74) is 24.1. The third-order valence-electron chi connectivity index (χ3n) is 15.5. The largest absolute Gasteiger partial charge is 0.508 e. The first-order chi connectivity index (χ1) is 45.2. The number of nitrogens with one attached hydrogen (secondary N) is 11. The minimum Gasteiger partial charge on any atom is -0.508 e. The van der Waals surface area contributed by atoms with E-state index in [2.05, 4.69) is 63.4 Å². The summed E-state index contributed by atoms with van der Waals surface area (Å²) in [6.07, 6.45) is -2.71. The van der Waals surface area contributed by atoms with Crippen molar-refractivity contribution >= 4 is 81.8 Å². The Bertz CT molecular complexity index is 3540. The van der Waals surface area contributed by atoms with Gasteiger partial charge in [-0.3, -0.25) is 63.7 Å². The van der Waals surface area contributed by atoms with E-state index in [9.17, 15) is 72.4 Å². The molecule has 31 heteroatoms. The summed E-state index contributed by atoms with van der Waals surface area (Å²) in [4.78, 5) is 159. The second-order valence-electron chi connectivity index (χ2n) is 23.3. The minimum atomic E-state index is -1.93. The summed E-state index contributed by atoms with van der Waals surface area (Å²) in [5.74, 6) is -10.3. The number of aromatic hydroxyl groups is 1. The SMILES string of the molecule is CN=C(N)NCCC[C@H](NC(=O)[C@H](CC(C)C)NC(=O)NNC(=O)[C@H](Cc1ccccc1)NC(=O)[C@@H](NC(=O)[C@H](CC(N)=O)NC(=O)[C@@H]1C(O)CCN1C(=O)[C@@H](Cc1ccc(O)cc1)NCC(=O)c1ccc(F)cc1)[C@@H](C)O)C(=O)N[C@@H](Cc1c[nH]c2ccccc12)C(N)=O. The number of rotatable bonds is 33. The molecule has 11 amide bonds. The number of halogens is 1. The van der Waals surface area contributed by atoms with E-state index in [0.29, 0.717) is 16.7 Å². The molecule has 5 aromatic rings. The van der Waals surface area contributed by atoms with Gasteiger partial charge in [0.25, 0.3) is 5.91 Å². The Hall–Kier alpha value is -10.5. The summed E-state index contributed by atoms with van der Waals surface area (Å²) < 4.78 is 13.7. The number of aliphatic hydroxyl groups is 2. The number of primary amides is 2. The second-order valence-corrected chi connectivity index (χ2v) is 23.3. The number of urea groups is 1. The summed E-state index contributed by atoms with van der Waals surface area (Å²) in [6, 6.07) is 12.7. The van der Waals surface area contributed by atoms with E-state index >= 15 is 0 Å². The maximum atomic E-state index is 14.4. The normalized spacial score (nSPS) is 16.3. The molecule has 10 atom stereocenters. The molecule has 95 heavy (non-hydrogen) atoms. The number of hydrazine groups is 1. The molecule has 1 aliphatic rings. The van der Waals surface area contributed by atoms with Crippen molar-refractivity contribution in [3.05, 3.63) is 137 Å². The lowest BCUT2D eigenvalue weighted by Gasteiger charge is -2.31. The number of phenols is 1. The first kappa shape index (κ1) is 73.5. The molecule has 2 heterocycles. The fraction of sp³-hybridized carbons (Fsp3) is 0.406. The summed E-state index contributed by atoms with van der Waals surface area (Å²) in [7, 11) is 1.47. The number of aliphatic hydroxyl groups excluding tert-OH is 2. The highest BCUT2D eigenvalue weighted by Gasteiger charge is 2.45. The van der Waals surface area contributed by atoms with Crippen LogP contribution in [0.3, 0.4) is 0 Å². The molecule has 30 nitrogen and oxygen atoms in total. The number of aromatic amines is 1. The number of para-hydroxylation sites is 1. The van der Waals surface area contributed by atoms with E-state index in [0.717, 1.165) is 34.9 Å². The van der Waals surface area contributed by atoms with Gasteiger partial charge in [-0.25, -0.2) is 14.6 Å². The van der Waals surface area contributed by atoms with Crippen LogP contribution in [0.15, 0.2) is 114 Å². The van der Waals surface area contributed by atoms with Gasteiger partial charge in [-0.15, -0.1) is 0 Å². The molecule has 0 saturated carbocycles. The van der Waals surface area contributed by atoms with Crippen molar-refractivity contribution in [1.82, 2.24) is 63.3 Å². The fourth-order valence-corrected chi connectivity index (χ4v) is 10.5. The molecule has 4 aromatic carbocycles. The molecule has 20 N–H and O–H groups in total. The molecule has 0 spiro atoms. The van der Waals surface area contributed by atoms with E-state index in [1.807, 2.05) is 24.3 Å². The zero-order valence-electron chi connectivity index (χ0n) is 52.9. The van der Waals surface area contributed by atoms with Crippen LogP contribution in [-0.4, -0.2) is 183 Å². The molecule has 1 aromatic heterocycles. The van der Waals surface area contributed by atoms with Gasteiger partial charge in [0.15, 0.2) is 11.7 Å². The molecule has 1 fully saturated rings. The Morgan fingerprint density at radius 2 is 1.29 bits per heavy atom. The van der Waals surface area contributed by atoms with Crippen LogP contribution >= 0.6 is 0 Å². The lowest BCUT2D eigenvalue weighted by atomic mass is 10.0. The number of aliphatic imine (C=N–C) groups is 1. The maximum absolute atomic E-state index is 14.4. The van der Waals surface area contributed by atoms with Gasteiger partial charge in [0.1, 0.15) is 53.9 Å². The smallest absolute Gasteiger partial charge is 0.334 e. The number of hydrogen-bond donors (Lipinski definition) is 17. The fourth-order valence-electron chi connectivity index (χ4n) is 10.5. The van der Waals surface area contributed by atoms with Crippen molar-refractivity contribution in [2.75, 3.05) is 26.7 Å². The number of likely N-dealkylation sites (tertiary alicyclic amines) is 1. The number of nitrogens with zero attached hydrogens (tertiary/aromatic N) is 2. The number of ketones is 1. The van der Waals surface area contributed by atoms with Crippen LogP contribution in [-0.2, 0) is 62.4 Å². The average Bonchev–Trinajstić information content (AvgIpc) is 1.73. The van der Waals surface area contributed by atoms with E-state index < -0.39 is 144 Å². The number of aromatic nitrogens is 1. The Morgan fingerprint density at radius 1 is 0.674 bits per heavy atom. The summed E-state index contributed by atoms with van der Waals surface area (Å²) >= 11 is 0. The lowest BCUT2D eigenvalue weighted by molar-refractivity contribution is -0.143. The van der Waals surface area contributed by atoms with Crippen molar-refractivity contribution in [2.45, 2.75) is 133 Å². The second kappa shape index (κ2) is 35.5. The Labute approximate surface area is 546 Å². The quantitative estimate of drug-likeness (QED) is 0.00715. The maximum Gasteiger partial charge on any atom is 0.334 e. The number of nitrogens with two attached hydrogens (primary N) is 3. The molecule has 0 radical (unpaired) electrons. The van der Waals surface area contributed by atoms with Gasteiger partial charge in [0.05, 0.1) is 31.2 Å². The van der Waals surface area contributed by atoms with Gasteiger partial charge in [-0.2, -0.15) is 0 Å². The van der Waals surface area contributed by atoms with Gasteiger partial charge in [0, 0.05) is 55.6 Å². The molecule has 1 unspecified atom stereocenters. The number of phenolic OH excluding ortho intramolecular Hbond substituents is 1. The Morgan fingerprint density at radius 3 is 1.95 bits per heavy atom. The molecule has 1 saturated heterocycles. The summed E-state index contributed by atoms with van der Waals surface area (Å²) in [6.45, 7) is 4.22. The van der Waals surface area contributed by atoms with Crippen molar-refractivity contribution in [2.24, 2.45) is 28.1 Å². The van der Waals surface area contributed by atoms with Crippen LogP contribution in [0.25, 0.3) is 10.9 Å². The van der Waals surface area contributed by atoms with Crippen LogP contribution in [0.1, 0.15) is 79.9 Å². The number of H-pyrrole nitrogens is 1. The molecule has 1 aliphatic heterocycles. The first-order valence-electron chi connectivity index (χ1n) is 30.7. The number of Topliss-reactive ketones (excluding diaryl/α,β-unsaturated/α-hetero) is 1. The van der Waals surface area contributed by atoms with Crippen molar-refractivity contribution in [3.8, 4) is 5.75 Å². The van der Waals surface area contributed by atoms with Crippen LogP contribution in [0, 0.1) is 11.7 Å². The summed E-state index contributed by atoms with van der Waals surface area (Å²) in [5, 5.41) is 53.5. The molecular formula is C64H83FN16O14. The van der Waals surface area contributed by atoms with Crippen LogP contribution in [0.5, 0.6) is 5.75 Å². The number of benzene rings is 4. The average molecular weight is 1320 g/mol. The van der Waals surface area contributed by atoms with Gasteiger partial charge < -0.3 is 79.6 Å². The molecule has 0 bridgehead atoms. The zero-order chi connectivity index (χ0) is 69.5. The van der Waals surface area contributed by atoms with Crippen LogP contribution in [0.4, 0.5) is 9.18 Å². The Balaban J connectivity index is 1.13. The number of carbonyl (C=O) groups is 11. The van der Waals surface area contributed by atoms with Crippen LogP contribution in [0.2, 0.25) is 0 Å². The standard InChI is InChI=1S/C64H83FN16O14/c1-34(2)27-46(57(89)73-44(15-10-25-70-63(68)69-4)56(88)74-45(55(67)87)30-39-32-71-43-14-9-8-13-42(39)43)77-64(95)80-79-59(91)47(28-36-11-6-5-7-12-36)75-60(92)53(35(3)82)78-58(90)48(31-52(66)86)76-61(93)54-50(84)24-26-81(54)62(94)49(29-37-16-22-41(83)23-17-37)72-33-51(85)38-18-20-40(65)21-19-38/h5-9,11-14,16-23,32,34-35,44-50,53-54,71-72,82-84H,10,15,24-31,33H2,1-4H3,(H2,66,86)(H2,67,87)(H,73,89)(H,74,88)(H,75,92)(H,76,93)(H,78,90)(H,79,91)(H3,68,69,70)(H2,77,80,95)/t35-,44+,45+,46+,47+,48+,49-,50?,53+,54+/m1/s1. The van der Waals surface area contributed by atoms with E-state index in [4.69, 9.17) is 17.2 Å². The van der Waals surface area contributed by atoms with Gasteiger partial charge in [-0.05, 0) is 104 Å². The monoisotopic (exact) mass is 1320 g/mol. The van der Waals surface area contributed by atoms with E-state index in [-0.39, 0.29) is 81.2 Å². The minimum absolute atomic E-state index is 0.00310. The lowest BCUT2D eigenvalue weighted by Crippen LogP contribution is -2.63. The number of carbonyl (C=O) groups excluding carboxylic acids is 11. The number of amides is 11. The van der Waals surface area contributed by atoms with Gasteiger partial charge >= 0.3 is 6.03 Å². The van der Waals surface area contributed by atoms with Gasteiger partial charge in [0.2, 0.25) is 47.3 Å². The highest BCUT2D eigenvalue weighted by Crippen LogP contribution is 2.23. The predicted molar refractivity (Wildman–Crippen MR) is 345 cm³/mol. The number of guanidine groups is 1. The van der Waals surface area contributed by atoms with E-state index in [1.54, 1.807) is 50.4 Å². The van der Waals surface area contributed by atoms with Gasteiger partial charge in [-0.1, -0.05) is 74.5 Å². The Kier molecular flexibility index (Phi) is 27.5.